The van der Waals surface area contributed by atoms with Crippen molar-refractivity contribution in [1.82, 2.24) is 19.5 Å². The zero-order chi connectivity index (χ0) is 22.1. The molecule has 0 spiro atoms. The van der Waals surface area contributed by atoms with Gasteiger partial charge in [-0.15, -0.1) is 0 Å². The summed E-state index contributed by atoms with van der Waals surface area (Å²) in [6.45, 7) is 7.36. The second-order valence-corrected chi connectivity index (χ2v) is 9.25. The van der Waals surface area contributed by atoms with Gasteiger partial charge in [-0.3, -0.25) is 9.09 Å². The number of ether oxygens (including phenoxy) is 4. The van der Waals surface area contributed by atoms with Gasteiger partial charge in [-0.2, -0.15) is 9.97 Å². The number of hydrogen-bond acceptors (Lipinski definition) is 11. The normalized spacial score (nSPS) is 13.4. The molecule has 0 aliphatic heterocycles. The molecular weight excluding hydrogens is 417 g/mol. The van der Waals surface area contributed by atoms with E-state index in [1.165, 1.54) is 6.66 Å². The first-order valence-corrected chi connectivity index (χ1v) is 11.7. The van der Waals surface area contributed by atoms with Crippen LogP contribution in [0.2, 0.25) is 0 Å². The SMILES string of the molecule is CCCOc1nc(N)nc2c1ncn2CCOCP(C)(=O)OCOC(=O)OC(C)C. The fraction of sp³-hybridized carbons (Fsp3) is 0.647. The fourth-order valence-electron chi connectivity index (χ4n) is 2.24. The van der Waals surface area contributed by atoms with Gasteiger partial charge in [-0.25, -0.2) is 9.78 Å². The smallest absolute Gasteiger partial charge is 0.476 e. The van der Waals surface area contributed by atoms with E-state index in [0.717, 1.165) is 6.42 Å². The van der Waals surface area contributed by atoms with Crippen molar-refractivity contribution in [2.75, 3.05) is 38.8 Å². The number of nitrogens with two attached hydrogens (primary N) is 1. The summed E-state index contributed by atoms with van der Waals surface area (Å²) in [7, 11) is -3.11. The summed E-state index contributed by atoms with van der Waals surface area (Å²) in [6.07, 6.45) is 1.05. The Morgan fingerprint density at radius 1 is 1.30 bits per heavy atom. The van der Waals surface area contributed by atoms with Crippen LogP contribution < -0.4 is 10.5 Å². The lowest BCUT2D eigenvalue weighted by Gasteiger charge is -2.15. The molecule has 0 saturated heterocycles. The van der Waals surface area contributed by atoms with Crippen molar-refractivity contribution in [2.45, 2.75) is 39.8 Å². The molecule has 0 fully saturated rings. The molecule has 30 heavy (non-hydrogen) atoms. The van der Waals surface area contributed by atoms with Crippen LogP contribution in [0.15, 0.2) is 6.33 Å². The van der Waals surface area contributed by atoms with Crippen LogP contribution in [0.4, 0.5) is 10.7 Å². The standard InChI is InChI=1S/C17H28N5O7P/c1-5-7-26-15-13-14(20-16(18)21-15)22(9-19-13)6-8-25-11-30(4,24)28-10-27-17(23)29-12(2)3/h9,12H,5-8,10-11H2,1-4H3,(H2,18,20,21). The molecule has 2 heterocycles. The number of anilines is 1. The summed E-state index contributed by atoms with van der Waals surface area (Å²) in [6, 6.07) is 0. The Kier molecular flexibility index (Phi) is 8.82. The minimum Gasteiger partial charge on any atom is -0.476 e. The first kappa shape index (κ1) is 23.8. The van der Waals surface area contributed by atoms with Crippen molar-refractivity contribution in [3.8, 4) is 5.88 Å². The Balaban J connectivity index is 1.82. The van der Waals surface area contributed by atoms with Gasteiger partial charge in [0.05, 0.1) is 25.6 Å². The highest BCUT2D eigenvalue weighted by atomic mass is 31.2. The van der Waals surface area contributed by atoms with Crippen molar-refractivity contribution >= 4 is 30.6 Å². The van der Waals surface area contributed by atoms with Crippen LogP contribution in [0.5, 0.6) is 5.88 Å². The van der Waals surface area contributed by atoms with Crippen LogP contribution in [-0.4, -0.2) is 64.8 Å². The zero-order valence-corrected chi connectivity index (χ0v) is 18.5. The summed E-state index contributed by atoms with van der Waals surface area (Å²) in [4.78, 5) is 23.8. The number of hydrogen-bond donors (Lipinski definition) is 1. The molecule has 0 radical (unpaired) electrons. The molecule has 0 amide bonds. The maximum Gasteiger partial charge on any atom is 0.510 e. The van der Waals surface area contributed by atoms with E-state index < -0.39 is 20.3 Å². The predicted molar refractivity (Wildman–Crippen MR) is 109 cm³/mol. The summed E-state index contributed by atoms with van der Waals surface area (Å²) in [5, 5.41) is 0. The zero-order valence-electron chi connectivity index (χ0n) is 17.6. The van der Waals surface area contributed by atoms with E-state index in [0.29, 0.717) is 30.2 Å². The van der Waals surface area contributed by atoms with E-state index in [-0.39, 0.29) is 25.0 Å². The third kappa shape index (κ3) is 7.43. The van der Waals surface area contributed by atoms with E-state index in [9.17, 15) is 9.36 Å². The van der Waals surface area contributed by atoms with Gasteiger partial charge in [0.1, 0.15) is 6.35 Å². The van der Waals surface area contributed by atoms with Crippen molar-refractivity contribution in [3.63, 3.8) is 0 Å². The van der Waals surface area contributed by atoms with Crippen LogP contribution in [0.25, 0.3) is 11.2 Å². The molecule has 12 nitrogen and oxygen atoms in total. The number of nitrogen functional groups attached to an aromatic ring is 1. The third-order valence-corrected chi connectivity index (χ3v) is 4.83. The van der Waals surface area contributed by atoms with E-state index in [1.54, 1.807) is 24.7 Å². The lowest BCUT2D eigenvalue weighted by molar-refractivity contribution is -0.00857. The van der Waals surface area contributed by atoms with Crippen molar-refractivity contribution in [1.29, 1.82) is 0 Å². The Bertz CT molecular complexity index is 889. The minimum atomic E-state index is -3.11. The van der Waals surface area contributed by atoms with Crippen molar-refractivity contribution in [3.05, 3.63) is 6.33 Å². The summed E-state index contributed by atoms with van der Waals surface area (Å²) >= 11 is 0. The Morgan fingerprint density at radius 3 is 2.77 bits per heavy atom. The Morgan fingerprint density at radius 2 is 2.07 bits per heavy atom. The number of fused-ring (bicyclic) bond motifs is 1. The van der Waals surface area contributed by atoms with Gasteiger partial charge in [0, 0.05) is 13.2 Å². The van der Waals surface area contributed by atoms with Crippen LogP contribution in [0, 0.1) is 0 Å². The average Bonchev–Trinajstić information content (AvgIpc) is 3.05. The Labute approximate surface area is 174 Å². The maximum absolute atomic E-state index is 12.3. The molecule has 0 aromatic carbocycles. The number of aromatic nitrogens is 4. The van der Waals surface area contributed by atoms with Gasteiger partial charge < -0.3 is 29.2 Å². The molecule has 2 N–H and O–H groups in total. The predicted octanol–water partition coefficient (Wildman–Crippen LogP) is 2.62. The van der Waals surface area contributed by atoms with E-state index in [1.807, 2.05) is 6.92 Å². The highest BCUT2D eigenvalue weighted by Crippen LogP contribution is 2.42. The molecule has 0 bridgehead atoms. The van der Waals surface area contributed by atoms with Gasteiger partial charge in [0.2, 0.25) is 26.0 Å². The molecular formula is C17H28N5O7P. The average molecular weight is 445 g/mol. The second kappa shape index (κ2) is 11.1. The highest BCUT2D eigenvalue weighted by Gasteiger charge is 2.18. The molecule has 0 saturated carbocycles. The first-order valence-electron chi connectivity index (χ1n) is 9.45. The van der Waals surface area contributed by atoms with E-state index in [4.69, 9.17) is 29.2 Å². The van der Waals surface area contributed by atoms with Gasteiger partial charge in [0.15, 0.2) is 11.2 Å². The minimum absolute atomic E-state index is 0.0822. The Hall–Kier alpha value is -2.43. The van der Waals surface area contributed by atoms with Crippen LogP contribution in [-0.2, 0) is 29.8 Å². The molecule has 2 rings (SSSR count). The topological polar surface area (TPSA) is 150 Å². The summed E-state index contributed by atoms with van der Waals surface area (Å²) < 4.78 is 39.7. The lowest BCUT2D eigenvalue weighted by atomic mass is 10.5. The maximum atomic E-state index is 12.3. The number of carbonyl (C=O) groups is 1. The largest absolute Gasteiger partial charge is 0.510 e. The van der Waals surface area contributed by atoms with Gasteiger partial charge >= 0.3 is 6.16 Å². The number of imidazole rings is 1. The monoisotopic (exact) mass is 445 g/mol. The van der Waals surface area contributed by atoms with E-state index in [2.05, 4.69) is 15.0 Å². The fourth-order valence-corrected chi connectivity index (χ4v) is 3.05. The molecule has 0 aliphatic rings. The van der Waals surface area contributed by atoms with Crippen LogP contribution in [0.1, 0.15) is 27.2 Å². The van der Waals surface area contributed by atoms with Crippen molar-refractivity contribution < 1.29 is 32.8 Å². The quantitative estimate of drug-likeness (QED) is 0.222. The third-order valence-electron chi connectivity index (χ3n) is 3.53. The molecule has 1 unspecified atom stereocenters. The molecule has 1 atom stereocenters. The molecule has 2 aromatic heterocycles. The second-order valence-electron chi connectivity index (χ2n) is 6.70. The van der Waals surface area contributed by atoms with Gasteiger partial charge in [-0.05, 0) is 20.3 Å². The number of nitrogens with zero attached hydrogens (tertiary/aromatic N) is 4. The summed E-state index contributed by atoms with van der Waals surface area (Å²) in [5.41, 5.74) is 6.78. The van der Waals surface area contributed by atoms with Gasteiger partial charge in [-0.1, -0.05) is 6.92 Å². The highest BCUT2D eigenvalue weighted by molar-refractivity contribution is 7.57. The van der Waals surface area contributed by atoms with Crippen LogP contribution in [0.3, 0.4) is 0 Å². The number of rotatable bonds is 12. The molecule has 13 heteroatoms. The van der Waals surface area contributed by atoms with Crippen LogP contribution >= 0.6 is 7.37 Å². The molecule has 0 aliphatic carbocycles. The number of carbonyl (C=O) groups excluding carboxylic acids is 1. The van der Waals surface area contributed by atoms with E-state index >= 15 is 0 Å². The lowest BCUT2D eigenvalue weighted by Crippen LogP contribution is -2.15. The molecule has 2 aromatic rings. The van der Waals surface area contributed by atoms with Gasteiger partial charge in [0.25, 0.3) is 0 Å². The van der Waals surface area contributed by atoms with Crippen molar-refractivity contribution in [2.24, 2.45) is 0 Å². The first-order chi connectivity index (χ1) is 14.2. The molecule has 168 valence electrons. The summed E-state index contributed by atoms with van der Waals surface area (Å²) in [5.74, 6) is 0.417.